The number of nitriles is 1. The lowest BCUT2D eigenvalue weighted by Crippen LogP contribution is -2.55. The fraction of sp³-hybridized carbons (Fsp3) is 0.846. The maximum atomic E-state index is 11.8. The lowest BCUT2D eigenvalue weighted by atomic mass is 9.85. The molecule has 1 N–H and O–H groups in total. The van der Waals surface area contributed by atoms with E-state index in [0.29, 0.717) is 12.8 Å². The molecule has 5 heteroatoms. The fourth-order valence-electron chi connectivity index (χ4n) is 2.28. The van der Waals surface area contributed by atoms with Crippen molar-refractivity contribution in [2.45, 2.75) is 70.8 Å². The molecule has 0 aliphatic carbocycles. The number of nitrogens with zero attached hydrogens (tertiary/aromatic N) is 1. The van der Waals surface area contributed by atoms with Crippen LogP contribution in [-0.4, -0.2) is 29.4 Å². The minimum atomic E-state index is -0.889. The van der Waals surface area contributed by atoms with Gasteiger partial charge < -0.3 is 14.8 Å². The van der Waals surface area contributed by atoms with Gasteiger partial charge in [-0.15, -0.1) is 0 Å². The molecule has 1 aliphatic rings. The first-order chi connectivity index (χ1) is 8.16. The number of amides is 1. The maximum Gasteiger partial charge on any atom is 0.408 e. The second-order valence-electron chi connectivity index (χ2n) is 5.99. The summed E-state index contributed by atoms with van der Waals surface area (Å²) in [6, 6.07) is 2.20. The van der Waals surface area contributed by atoms with Crippen molar-refractivity contribution in [3.63, 3.8) is 0 Å². The van der Waals surface area contributed by atoms with Crippen LogP contribution in [0.1, 0.15) is 47.5 Å². The zero-order valence-electron chi connectivity index (χ0n) is 11.7. The van der Waals surface area contributed by atoms with Crippen molar-refractivity contribution in [3.05, 3.63) is 0 Å². The van der Waals surface area contributed by atoms with Gasteiger partial charge in [-0.05, 0) is 34.6 Å². The zero-order chi connectivity index (χ0) is 14.0. The minimum Gasteiger partial charge on any atom is -0.444 e. The van der Waals surface area contributed by atoms with E-state index in [4.69, 9.17) is 9.47 Å². The summed E-state index contributed by atoms with van der Waals surface area (Å²) in [5.74, 6) is 0. The monoisotopic (exact) mass is 254 g/mol. The smallest absolute Gasteiger partial charge is 0.408 e. The predicted molar refractivity (Wildman–Crippen MR) is 67.0 cm³/mol. The summed E-state index contributed by atoms with van der Waals surface area (Å²) in [6.07, 6.45) is 0.303. The van der Waals surface area contributed by atoms with Gasteiger partial charge in [0.25, 0.3) is 0 Å². The van der Waals surface area contributed by atoms with E-state index in [1.165, 1.54) is 0 Å². The molecule has 2 atom stereocenters. The first-order valence-corrected chi connectivity index (χ1v) is 6.24. The summed E-state index contributed by atoms with van der Waals surface area (Å²) in [7, 11) is 0. The first kappa shape index (κ1) is 14.8. The zero-order valence-corrected chi connectivity index (χ0v) is 11.7. The topological polar surface area (TPSA) is 71.4 Å². The second-order valence-corrected chi connectivity index (χ2v) is 5.99. The summed E-state index contributed by atoms with van der Waals surface area (Å²) in [4.78, 5) is 11.8. The van der Waals surface area contributed by atoms with Gasteiger partial charge in [0.15, 0.2) is 0 Å². The normalized spacial score (nSPS) is 32.4. The van der Waals surface area contributed by atoms with Gasteiger partial charge in [-0.25, -0.2) is 4.79 Å². The van der Waals surface area contributed by atoms with Gasteiger partial charge in [0, 0.05) is 12.8 Å². The Kier molecular flexibility index (Phi) is 4.23. The molecule has 0 spiro atoms. The highest BCUT2D eigenvalue weighted by atomic mass is 16.6. The Morgan fingerprint density at radius 1 is 1.39 bits per heavy atom. The number of alkyl carbamates (subject to hydrolysis) is 1. The first-order valence-electron chi connectivity index (χ1n) is 6.24. The molecule has 1 amide bonds. The second kappa shape index (κ2) is 5.15. The summed E-state index contributed by atoms with van der Waals surface area (Å²) >= 11 is 0. The average Bonchev–Trinajstić information content (AvgIpc) is 2.12. The van der Waals surface area contributed by atoms with Crippen LogP contribution in [0.4, 0.5) is 4.79 Å². The lowest BCUT2D eigenvalue weighted by molar-refractivity contribution is -0.0572. The van der Waals surface area contributed by atoms with Crippen LogP contribution < -0.4 is 5.32 Å². The standard InChI is InChI=1S/C13H22N2O3/c1-9-6-13(8-14,7-10(2)17-9)15-11(16)18-12(3,4)5/h9-10H,6-7H2,1-5H3,(H,15,16). The fourth-order valence-corrected chi connectivity index (χ4v) is 2.28. The van der Waals surface area contributed by atoms with Gasteiger partial charge in [0.05, 0.1) is 18.3 Å². The highest BCUT2D eigenvalue weighted by molar-refractivity contribution is 5.69. The van der Waals surface area contributed by atoms with Gasteiger partial charge in [-0.3, -0.25) is 0 Å². The van der Waals surface area contributed by atoms with E-state index in [0.717, 1.165) is 0 Å². The summed E-state index contributed by atoms with van der Waals surface area (Å²) in [5, 5.41) is 12.0. The van der Waals surface area contributed by atoms with Gasteiger partial charge in [0.1, 0.15) is 11.1 Å². The van der Waals surface area contributed by atoms with Crippen LogP contribution in [0.15, 0.2) is 0 Å². The molecule has 1 fully saturated rings. The maximum absolute atomic E-state index is 11.8. The highest BCUT2D eigenvalue weighted by Gasteiger charge is 2.41. The van der Waals surface area contributed by atoms with Gasteiger partial charge >= 0.3 is 6.09 Å². The van der Waals surface area contributed by atoms with E-state index in [9.17, 15) is 10.1 Å². The molecular formula is C13H22N2O3. The highest BCUT2D eigenvalue weighted by Crippen LogP contribution is 2.28. The molecule has 0 aromatic rings. The van der Waals surface area contributed by atoms with Crippen molar-refractivity contribution in [2.24, 2.45) is 0 Å². The molecule has 1 aliphatic heterocycles. The van der Waals surface area contributed by atoms with Gasteiger partial charge in [-0.1, -0.05) is 0 Å². The van der Waals surface area contributed by atoms with Gasteiger partial charge in [-0.2, -0.15) is 5.26 Å². The van der Waals surface area contributed by atoms with Crippen LogP contribution in [-0.2, 0) is 9.47 Å². The molecule has 18 heavy (non-hydrogen) atoms. The number of nitrogens with one attached hydrogen (secondary N) is 1. The van der Waals surface area contributed by atoms with Crippen molar-refractivity contribution in [1.82, 2.24) is 5.32 Å². The Balaban J connectivity index is 2.72. The molecule has 0 aromatic carbocycles. The summed E-state index contributed by atoms with van der Waals surface area (Å²) in [6.45, 7) is 9.18. The number of hydrogen-bond donors (Lipinski definition) is 1. The van der Waals surface area contributed by atoms with Crippen molar-refractivity contribution >= 4 is 6.09 Å². The van der Waals surface area contributed by atoms with Crippen molar-refractivity contribution in [1.29, 1.82) is 5.26 Å². The quantitative estimate of drug-likeness (QED) is 0.779. The van der Waals surface area contributed by atoms with Crippen LogP contribution in [0, 0.1) is 11.3 Å². The van der Waals surface area contributed by atoms with E-state index < -0.39 is 17.2 Å². The largest absolute Gasteiger partial charge is 0.444 e. The molecule has 1 rings (SSSR count). The Hall–Kier alpha value is -1.28. The molecule has 1 saturated heterocycles. The molecule has 0 saturated carbocycles. The molecular weight excluding hydrogens is 232 g/mol. The predicted octanol–water partition coefficient (Wildman–Crippen LogP) is 2.36. The third-order valence-corrected chi connectivity index (χ3v) is 2.69. The molecule has 0 bridgehead atoms. The van der Waals surface area contributed by atoms with Crippen LogP contribution in [0.2, 0.25) is 0 Å². The summed E-state index contributed by atoms with van der Waals surface area (Å²) in [5.41, 5.74) is -1.46. The number of rotatable bonds is 1. The van der Waals surface area contributed by atoms with Crippen molar-refractivity contribution in [3.8, 4) is 6.07 Å². The number of carbonyl (C=O) groups excluding carboxylic acids is 1. The van der Waals surface area contributed by atoms with Crippen LogP contribution in [0.25, 0.3) is 0 Å². The van der Waals surface area contributed by atoms with E-state index in [2.05, 4.69) is 11.4 Å². The molecule has 1 heterocycles. The lowest BCUT2D eigenvalue weighted by Gasteiger charge is -2.38. The summed E-state index contributed by atoms with van der Waals surface area (Å²) < 4.78 is 10.8. The number of hydrogen-bond acceptors (Lipinski definition) is 4. The third-order valence-electron chi connectivity index (χ3n) is 2.69. The Bertz CT molecular complexity index is 344. The van der Waals surface area contributed by atoms with E-state index in [1.54, 1.807) is 20.8 Å². The van der Waals surface area contributed by atoms with Gasteiger partial charge in [0.2, 0.25) is 0 Å². The molecule has 102 valence electrons. The third kappa shape index (κ3) is 4.19. The van der Waals surface area contributed by atoms with Crippen LogP contribution >= 0.6 is 0 Å². The molecule has 2 unspecified atom stereocenters. The van der Waals surface area contributed by atoms with E-state index in [-0.39, 0.29) is 12.2 Å². The van der Waals surface area contributed by atoms with Crippen molar-refractivity contribution < 1.29 is 14.3 Å². The molecule has 0 aromatic heterocycles. The van der Waals surface area contributed by atoms with E-state index >= 15 is 0 Å². The Labute approximate surface area is 108 Å². The Morgan fingerprint density at radius 2 is 1.89 bits per heavy atom. The average molecular weight is 254 g/mol. The van der Waals surface area contributed by atoms with Crippen LogP contribution in [0.3, 0.4) is 0 Å². The van der Waals surface area contributed by atoms with Crippen molar-refractivity contribution in [2.75, 3.05) is 0 Å². The Morgan fingerprint density at radius 3 is 2.28 bits per heavy atom. The SMILES string of the molecule is CC1CC(C#N)(NC(=O)OC(C)(C)C)CC(C)O1. The van der Waals surface area contributed by atoms with Crippen LogP contribution in [0.5, 0.6) is 0 Å². The number of carbonyl (C=O) groups is 1. The number of ether oxygens (including phenoxy) is 2. The molecule has 5 nitrogen and oxygen atoms in total. The molecule has 0 radical (unpaired) electrons. The van der Waals surface area contributed by atoms with E-state index in [1.807, 2.05) is 13.8 Å². The minimum absolute atomic E-state index is 0.0525.